The molecule has 4 heterocycles. The molecule has 0 saturated carbocycles. The van der Waals surface area contributed by atoms with E-state index >= 15 is 0 Å². The van der Waals surface area contributed by atoms with Crippen molar-refractivity contribution in [1.29, 1.82) is 5.26 Å². The number of anilines is 1. The van der Waals surface area contributed by atoms with Gasteiger partial charge in [-0.25, -0.2) is 9.37 Å². The number of aliphatic imine (C=N–C) groups is 1. The number of aryl methyl sites for hydroxylation is 1. The number of carbonyl (C=O) groups is 1. The van der Waals surface area contributed by atoms with Crippen molar-refractivity contribution in [2.45, 2.75) is 39.0 Å². The molecule has 10 heteroatoms. The molecule has 2 N–H and O–H groups in total. The van der Waals surface area contributed by atoms with Crippen LogP contribution in [0, 0.1) is 17.1 Å². The highest BCUT2D eigenvalue weighted by atomic mass is 19.1. The van der Waals surface area contributed by atoms with Gasteiger partial charge in [-0.05, 0) is 45.0 Å². The zero-order valence-corrected chi connectivity index (χ0v) is 19.1. The van der Waals surface area contributed by atoms with Crippen molar-refractivity contribution in [2.24, 2.45) is 12.0 Å². The van der Waals surface area contributed by atoms with E-state index in [9.17, 15) is 14.4 Å². The van der Waals surface area contributed by atoms with Gasteiger partial charge in [0.15, 0.2) is 11.6 Å². The van der Waals surface area contributed by atoms with E-state index in [2.05, 4.69) is 16.2 Å². The first kappa shape index (κ1) is 21.6. The van der Waals surface area contributed by atoms with E-state index in [0.29, 0.717) is 45.2 Å². The number of nitrogen functional groups attached to an aromatic ring is 1. The van der Waals surface area contributed by atoms with Gasteiger partial charge in [0.2, 0.25) is 0 Å². The Hall–Kier alpha value is -4.26. The van der Waals surface area contributed by atoms with Crippen molar-refractivity contribution >= 4 is 17.6 Å². The zero-order valence-electron chi connectivity index (χ0n) is 19.1. The molecule has 2 aliphatic heterocycles. The van der Waals surface area contributed by atoms with Crippen LogP contribution >= 0.6 is 0 Å². The van der Waals surface area contributed by atoms with Crippen LogP contribution in [0.15, 0.2) is 35.5 Å². The Morgan fingerprint density at radius 2 is 2.09 bits per heavy atom. The highest BCUT2D eigenvalue weighted by Crippen LogP contribution is 2.38. The van der Waals surface area contributed by atoms with E-state index < -0.39 is 17.5 Å². The molecular weight excluding hydrogens is 437 g/mol. The van der Waals surface area contributed by atoms with Crippen LogP contribution in [0.4, 0.5) is 10.2 Å². The Morgan fingerprint density at radius 1 is 1.32 bits per heavy atom. The topological polar surface area (TPSA) is 122 Å². The van der Waals surface area contributed by atoms with Gasteiger partial charge in [-0.15, -0.1) is 0 Å². The van der Waals surface area contributed by atoms with Gasteiger partial charge in [-0.2, -0.15) is 10.4 Å². The SMILES string of the molecule is CC1Oc2cc(cnc2N)-c2c(nn(C)c2C#N)CN2C(=O)C(C)(C)N=C2c2ccc(F)cc21. The lowest BCUT2D eigenvalue weighted by Gasteiger charge is -2.25. The predicted octanol–water partition coefficient (Wildman–Crippen LogP) is 3.10. The van der Waals surface area contributed by atoms with Crippen molar-refractivity contribution < 1.29 is 13.9 Å². The van der Waals surface area contributed by atoms with Crippen LogP contribution in [0.25, 0.3) is 11.1 Å². The smallest absolute Gasteiger partial charge is 0.255 e. The zero-order chi connectivity index (χ0) is 24.4. The maximum Gasteiger partial charge on any atom is 0.255 e. The Morgan fingerprint density at radius 3 is 2.82 bits per heavy atom. The summed E-state index contributed by atoms with van der Waals surface area (Å²) in [4.78, 5) is 23.9. The second kappa shape index (κ2) is 7.38. The molecule has 2 bridgehead atoms. The summed E-state index contributed by atoms with van der Waals surface area (Å²) in [6.07, 6.45) is 0.898. The number of nitriles is 1. The lowest BCUT2D eigenvalue weighted by molar-refractivity contribution is -0.130. The van der Waals surface area contributed by atoms with Gasteiger partial charge in [0.25, 0.3) is 5.91 Å². The number of benzene rings is 1. The van der Waals surface area contributed by atoms with Crippen LogP contribution < -0.4 is 10.5 Å². The first-order chi connectivity index (χ1) is 16.1. The van der Waals surface area contributed by atoms with Crippen LogP contribution in [0.1, 0.15) is 49.4 Å². The first-order valence-electron chi connectivity index (χ1n) is 10.7. The van der Waals surface area contributed by atoms with E-state index in [1.54, 1.807) is 46.1 Å². The number of nitrogens with two attached hydrogens (primary N) is 1. The van der Waals surface area contributed by atoms with Crippen LogP contribution in [0.2, 0.25) is 0 Å². The summed E-state index contributed by atoms with van der Waals surface area (Å²) in [7, 11) is 1.66. The number of hydrogen-bond acceptors (Lipinski definition) is 7. The number of hydrogen-bond donors (Lipinski definition) is 1. The number of nitrogens with zero attached hydrogens (tertiary/aromatic N) is 6. The number of carbonyl (C=O) groups excluding carboxylic acids is 1. The largest absolute Gasteiger partial charge is 0.482 e. The van der Waals surface area contributed by atoms with Gasteiger partial charge < -0.3 is 10.5 Å². The Labute approximate surface area is 195 Å². The van der Waals surface area contributed by atoms with E-state index in [0.717, 1.165) is 0 Å². The van der Waals surface area contributed by atoms with Crippen molar-refractivity contribution in [1.82, 2.24) is 19.7 Å². The number of aromatic nitrogens is 3. The second-order valence-corrected chi connectivity index (χ2v) is 8.89. The van der Waals surface area contributed by atoms with Crippen molar-refractivity contribution in [2.75, 3.05) is 5.73 Å². The van der Waals surface area contributed by atoms with Crippen LogP contribution in [0.5, 0.6) is 5.75 Å². The Balaban J connectivity index is 1.82. The third kappa shape index (κ3) is 3.20. The summed E-state index contributed by atoms with van der Waals surface area (Å²) < 4.78 is 21.9. The molecule has 1 atom stereocenters. The van der Waals surface area contributed by atoms with Crippen LogP contribution in [-0.4, -0.2) is 36.9 Å². The quantitative estimate of drug-likeness (QED) is 0.551. The fourth-order valence-corrected chi connectivity index (χ4v) is 4.44. The lowest BCUT2D eigenvalue weighted by Crippen LogP contribution is -2.39. The molecule has 34 heavy (non-hydrogen) atoms. The van der Waals surface area contributed by atoms with Crippen molar-refractivity contribution in [3.8, 4) is 22.9 Å². The van der Waals surface area contributed by atoms with E-state index in [1.165, 1.54) is 21.7 Å². The standard InChI is InChI=1S/C24H22FN7O2/c1-12-16-8-14(25)5-6-15(16)22-29-24(2,3)23(33)32(22)11-17-20(18(9-26)31(4)30-17)13-7-19(34-12)21(27)28-10-13/h5-8,10,12H,11H2,1-4H3,(H2,27,28). The van der Waals surface area contributed by atoms with Gasteiger partial charge in [0.1, 0.15) is 35.1 Å². The van der Waals surface area contributed by atoms with Crippen LogP contribution in [0.3, 0.4) is 0 Å². The summed E-state index contributed by atoms with van der Waals surface area (Å²) in [5, 5.41) is 14.4. The Kier molecular flexibility index (Phi) is 4.68. The monoisotopic (exact) mass is 459 g/mol. The van der Waals surface area contributed by atoms with Crippen LogP contribution in [-0.2, 0) is 18.4 Å². The molecule has 0 saturated heterocycles. The molecule has 3 aromatic rings. The minimum Gasteiger partial charge on any atom is -0.482 e. The molecule has 0 fully saturated rings. The number of amidine groups is 1. The third-order valence-corrected chi connectivity index (χ3v) is 6.11. The molecule has 0 spiro atoms. The number of halogens is 1. The lowest BCUT2D eigenvalue weighted by atomic mass is 9.99. The molecule has 0 radical (unpaired) electrons. The molecule has 172 valence electrons. The van der Waals surface area contributed by atoms with E-state index in [1.807, 2.05) is 0 Å². The van der Waals surface area contributed by atoms with Gasteiger partial charge in [0, 0.05) is 35.5 Å². The molecule has 1 aromatic carbocycles. The molecule has 1 amide bonds. The van der Waals surface area contributed by atoms with E-state index in [4.69, 9.17) is 15.5 Å². The number of pyridine rings is 1. The minimum absolute atomic E-state index is 0.0672. The average Bonchev–Trinajstić information content (AvgIpc) is 3.22. The van der Waals surface area contributed by atoms with Crippen molar-refractivity contribution in [3.05, 3.63) is 58.8 Å². The summed E-state index contributed by atoms with van der Waals surface area (Å²) in [6.45, 7) is 5.28. The normalized spacial score (nSPS) is 18.5. The fraction of sp³-hybridized carbons (Fsp3) is 0.292. The second-order valence-electron chi connectivity index (χ2n) is 8.89. The molecular formula is C24H22FN7O2. The molecule has 9 nitrogen and oxygen atoms in total. The highest BCUT2D eigenvalue weighted by molar-refractivity contribution is 6.15. The van der Waals surface area contributed by atoms with Gasteiger partial charge in [-0.3, -0.25) is 19.4 Å². The van der Waals surface area contributed by atoms with Crippen molar-refractivity contribution in [3.63, 3.8) is 0 Å². The highest BCUT2D eigenvalue weighted by Gasteiger charge is 2.43. The molecule has 0 aliphatic carbocycles. The molecule has 1 unspecified atom stereocenters. The van der Waals surface area contributed by atoms with Gasteiger partial charge in [0.05, 0.1) is 12.2 Å². The number of amides is 1. The fourth-order valence-electron chi connectivity index (χ4n) is 4.44. The third-order valence-electron chi connectivity index (χ3n) is 6.11. The average molecular weight is 459 g/mol. The summed E-state index contributed by atoms with van der Waals surface area (Å²) in [6, 6.07) is 8.16. The number of fused-ring (bicyclic) bond motifs is 7. The summed E-state index contributed by atoms with van der Waals surface area (Å²) >= 11 is 0. The number of ether oxygens (including phenoxy) is 1. The molecule has 5 rings (SSSR count). The summed E-state index contributed by atoms with van der Waals surface area (Å²) in [5.74, 6) is 0.176. The predicted molar refractivity (Wildman–Crippen MR) is 122 cm³/mol. The maximum absolute atomic E-state index is 14.3. The maximum atomic E-state index is 14.3. The minimum atomic E-state index is -1.03. The molecule has 2 aromatic heterocycles. The summed E-state index contributed by atoms with van der Waals surface area (Å²) in [5.41, 5.74) is 8.05. The molecule has 2 aliphatic rings. The Bertz CT molecular complexity index is 1430. The van der Waals surface area contributed by atoms with Gasteiger partial charge >= 0.3 is 0 Å². The van der Waals surface area contributed by atoms with Gasteiger partial charge in [-0.1, -0.05) is 0 Å². The van der Waals surface area contributed by atoms with E-state index in [-0.39, 0.29) is 18.3 Å². The first-order valence-corrected chi connectivity index (χ1v) is 10.7. The number of rotatable bonds is 0.